The molecule has 0 amide bonds. The molecule has 0 radical (unpaired) electrons. The zero-order valence-corrected chi connectivity index (χ0v) is 28.2. The minimum absolute atomic E-state index is 0. The van der Waals surface area contributed by atoms with E-state index in [4.69, 9.17) is 18.6 Å². The van der Waals surface area contributed by atoms with E-state index in [0.717, 1.165) is 6.67 Å². The summed E-state index contributed by atoms with van der Waals surface area (Å²) in [7, 11) is 19.1. The fourth-order valence-electron chi connectivity index (χ4n) is 1.03. The van der Waals surface area contributed by atoms with Crippen LogP contribution < -0.4 is 0 Å². The summed E-state index contributed by atoms with van der Waals surface area (Å²) in [5.74, 6) is 0. The molecule has 0 saturated carbocycles. The average molecular weight is 559 g/mol. The van der Waals surface area contributed by atoms with Crippen LogP contribution in [-0.4, -0.2) is 87.9 Å². The van der Waals surface area contributed by atoms with Gasteiger partial charge in [-0.25, -0.2) is 0 Å². The van der Waals surface area contributed by atoms with Gasteiger partial charge in [0, 0.05) is 6.67 Å². The number of rotatable bonds is 8. The Bertz CT molecular complexity index is 247. The second kappa shape index (κ2) is 32.4. The summed E-state index contributed by atoms with van der Waals surface area (Å²) in [6.07, 6.45) is 0. The van der Waals surface area contributed by atoms with E-state index >= 15 is 0 Å². The summed E-state index contributed by atoms with van der Waals surface area (Å²) >= 11 is -0.556. The first-order chi connectivity index (χ1) is 11.8. The normalized spacial score (nSPS) is 9.79. The summed E-state index contributed by atoms with van der Waals surface area (Å²) in [6.45, 7) is 16.8. The molecule has 0 aromatic carbocycles. The molecular weight excluding hydrogens is 511 g/mol. The summed E-state index contributed by atoms with van der Waals surface area (Å²) in [5.41, 5.74) is 0. The van der Waals surface area contributed by atoms with Crippen LogP contribution in [-0.2, 0) is 38.7 Å². The van der Waals surface area contributed by atoms with E-state index in [1.807, 2.05) is 0 Å². The van der Waals surface area contributed by atoms with Crippen LogP contribution in [0.15, 0.2) is 0 Å². The van der Waals surface area contributed by atoms with Gasteiger partial charge in [0.2, 0.25) is 0 Å². The second-order valence-corrected chi connectivity index (χ2v) is 20.3. The van der Waals surface area contributed by atoms with E-state index in [-0.39, 0.29) is 36.6 Å². The standard InChI is InChI=1S/C9H26N2Si2.2C3H8N2.2CH3.2ClH.2Ti/c1-10(12(3,4)5)9-11(2)13(6,7)8;2*1-4-3-5-2;;;;;;/h9H2,1-8H3;2*3H2,1-2H3;2*1H3;2*1H;;/q;2*-2;2*-1;;;+2;+4/p-2. The number of hydrogen-bond acceptors (Lipinski definition) is 2. The van der Waals surface area contributed by atoms with E-state index in [1.54, 1.807) is 28.2 Å². The Morgan fingerprint density at radius 1 is 0.655 bits per heavy atom. The van der Waals surface area contributed by atoms with Crippen molar-refractivity contribution < 1.29 is 38.7 Å². The summed E-state index contributed by atoms with van der Waals surface area (Å²) in [5, 5.41) is 14.8. The van der Waals surface area contributed by atoms with Gasteiger partial charge in [0.05, 0.1) is 0 Å². The van der Waals surface area contributed by atoms with Crippen LogP contribution >= 0.6 is 18.6 Å². The molecular formula is C17H48Cl2N6Si2Ti2-2. The summed E-state index contributed by atoms with van der Waals surface area (Å²) < 4.78 is 5.07. The quantitative estimate of drug-likeness (QED) is 0.190. The molecule has 0 rings (SSSR count). The zero-order chi connectivity index (χ0) is 21.8. The predicted molar refractivity (Wildman–Crippen MR) is 138 cm³/mol. The fourth-order valence-corrected chi connectivity index (χ4v) is 2.44. The van der Waals surface area contributed by atoms with Gasteiger partial charge in [-0.15, -0.1) is 0 Å². The minimum Gasteiger partial charge on any atom is 4.00 e. The predicted octanol–water partition coefficient (Wildman–Crippen LogP) is 6.65. The molecule has 178 valence electrons. The minimum atomic E-state index is -1.09. The zero-order valence-electron chi connectivity index (χ0n) is 21.6. The van der Waals surface area contributed by atoms with Crippen LogP contribution in [0.25, 0.3) is 21.3 Å². The molecule has 0 saturated heterocycles. The Hall–Kier alpha value is 2.20. The molecule has 0 heterocycles. The molecule has 0 atom stereocenters. The third-order valence-electron chi connectivity index (χ3n) is 3.28. The number of halogens is 2. The van der Waals surface area contributed by atoms with E-state index < -0.39 is 33.5 Å². The van der Waals surface area contributed by atoms with Gasteiger partial charge in [0.25, 0.3) is 0 Å². The molecule has 0 aromatic rings. The maximum atomic E-state index is 4.89. The third kappa shape index (κ3) is 48.7. The average Bonchev–Trinajstić information content (AvgIpc) is 2.49. The van der Waals surface area contributed by atoms with Gasteiger partial charge < -0.3 is 45.3 Å². The first-order valence-electron chi connectivity index (χ1n) is 8.41. The van der Waals surface area contributed by atoms with Crippen molar-refractivity contribution >= 4 is 35.1 Å². The monoisotopic (exact) mass is 558 g/mol. The van der Waals surface area contributed by atoms with E-state index in [1.165, 1.54) is 0 Å². The van der Waals surface area contributed by atoms with E-state index in [2.05, 4.69) is 83.8 Å². The van der Waals surface area contributed by atoms with Gasteiger partial charge in [-0.05, 0) is 14.1 Å². The molecule has 0 fully saturated rings. The Morgan fingerprint density at radius 2 is 0.828 bits per heavy atom. The van der Waals surface area contributed by atoms with Crippen LogP contribution in [0.5, 0.6) is 0 Å². The fraction of sp³-hybridized carbons (Fsp3) is 0.882. The molecule has 0 spiro atoms. The Labute approximate surface area is 219 Å². The van der Waals surface area contributed by atoms with E-state index in [0.29, 0.717) is 13.3 Å². The molecule has 0 aliphatic rings. The maximum absolute atomic E-state index is 4.89. The van der Waals surface area contributed by atoms with Gasteiger partial charge in [-0.1, -0.05) is 39.3 Å². The van der Waals surface area contributed by atoms with Crippen LogP contribution in [0, 0.1) is 14.9 Å². The van der Waals surface area contributed by atoms with Crippen LogP contribution in [0.1, 0.15) is 0 Å². The third-order valence-corrected chi connectivity index (χ3v) is 8.14. The molecule has 12 heteroatoms. The van der Waals surface area contributed by atoms with Crippen LogP contribution in [0.2, 0.25) is 39.3 Å². The van der Waals surface area contributed by atoms with Gasteiger partial charge in [-0.3, -0.25) is 13.3 Å². The SMILES string of the molecule is CN(CN(C)[Si](C)(C)C)[Si](C)(C)C.C[N-]C[N-]C.C[N-]C[N-]C.[CH3-].[CH3-].[Cl][Ti][Cl].[Ti+4]. The number of nitrogens with zero attached hydrogens (tertiary/aromatic N) is 6. The van der Waals surface area contributed by atoms with Crippen molar-refractivity contribution in [3.8, 4) is 0 Å². The first kappa shape index (κ1) is 48.6. The van der Waals surface area contributed by atoms with Crippen LogP contribution in [0.3, 0.4) is 0 Å². The maximum Gasteiger partial charge on any atom is 4.00 e. The van der Waals surface area contributed by atoms with Gasteiger partial charge in [-0.2, -0.15) is 28.2 Å². The molecule has 0 aromatic heterocycles. The molecule has 0 unspecified atom stereocenters. The van der Waals surface area contributed by atoms with Crippen molar-refractivity contribution in [1.82, 2.24) is 9.13 Å². The van der Waals surface area contributed by atoms with Gasteiger partial charge >= 0.3 is 57.4 Å². The van der Waals surface area contributed by atoms with Crippen molar-refractivity contribution in [1.29, 1.82) is 0 Å². The largest absolute Gasteiger partial charge is 4.00 e. The van der Waals surface area contributed by atoms with Crippen LogP contribution in [0.4, 0.5) is 0 Å². The van der Waals surface area contributed by atoms with Gasteiger partial charge in [0.1, 0.15) is 16.5 Å². The summed E-state index contributed by atoms with van der Waals surface area (Å²) in [4.78, 5) is 0. The van der Waals surface area contributed by atoms with Crippen molar-refractivity contribution in [2.24, 2.45) is 0 Å². The number of hydrogen-bond donors (Lipinski definition) is 0. The topological polar surface area (TPSA) is 62.9 Å². The van der Waals surface area contributed by atoms with Crippen molar-refractivity contribution in [2.75, 3.05) is 62.3 Å². The Morgan fingerprint density at radius 3 is 0.897 bits per heavy atom. The Balaban J connectivity index is -0.0000000511. The second-order valence-electron chi connectivity index (χ2n) is 7.50. The van der Waals surface area contributed by atoms with Crippen molar-refractivity contribution in [3.05, 3.63) is 36.1 Å². The van der Waals surface area contributed by atoms with Crippen molar-refractivity contribution in [2.45, 2.75) is 39.3 Å². The first-order valence-corrected chi connectivity index (χ1v) is 19.6. The van der Waals surface area contributed by atoms with Gasteiger partial charge in [0.15, 0.2) is 0 Å². The molecule has 0 N–H and O–H groups in total. The molecule has 0 aliphatic heterocycles. The Kier molecular flexibility index (Phi) is 54.3. The molecule has 0 bridgehead atoms. The molecule has 0 aliphatic carbocycles. The van der Waals surface area contributed by atoms with E-state index in [9.17, 15) is 0 Å². The molecule has 6 nitrogen and oxygen atoms in total. The smallest absolute Gasteiger partial charge is 4.00 e. The molecule has 29 heavy (non-hydrogen) atoms. The van der Waals surface area contributed by atoms with Crippen molar-refractivity contribution in [3.63, 3.8) is 0 Å². The summed E-state index contributed by atoms with van der Waals surface area (Å²) in [6, 6.07) is 0.